The number of carbonyl (C=O) groups is 2. The Morgan fingerprint density at radius 3 is 2.08 bits per heavy atom. The van der Waals surface area contributed by atoms with Crippen LogP contribution in [0.4, 0.5) is 5.69 Å². The minimum atomic E-state index is -1.94. The largest absolute Gasteiger partial charge is 0.490 e. The summed E-state index contributed by atoms with van der Waals surface area (Å²) in [5.74, 6) is -0.190. The third-order valence-electron chi connectivity index (χ3n) is 6.05. The molecule has 0 bridgehead atoms. The van der Waals surface area contributed by atoms with Crippen LogP contribution in [0.15, 0.2) is 108 Å². The molecule has 40 heavy (non-hydrogen) atoms. The van der Waals surface area contributed by atoms with E-state index in [1.54, 1.807) is 66.7 Å². The minimum absolute atomic E-state index is 0.199. The molecule has 0 saturated heterocycles. The lowest BCUT2D eigenvalue weighted by Crippen LogP contribution is -2.43. The van der Waals surface area contributed by atoms with Crippen molar-refractivity contribution < 1.29 is 24.2 Å². The predicted octanol–water partition coefficient (Wildman–Crippen LogP) is 4.80. The number of nitrogens with one attached hydrogen (secondary N) is 2. The Morgan fingerprint density at radius 2 is 1.48 bits per heavy atom. The van der Waals surface area contributed by atoms with Crippen LogP contribution in [0.1, 0.15) is 29.2 Å². The van der Waals surface area contributed by atoms with Crippen LogP contribution in [-0.2, 0) is 15.2 Å². The van der Waals surface area contributed by atoms with E-state index in [4.69, 9.17) is 9.47 Å². The highest BCUT2D eigenvalue weighted by Crippen LogP contribution is 2.30. The fraction of sp³-hybridized carbons (Fsp3) is 0.156. The van der Waals surface area contributed by atoms with Crippen molar-refractivity contribution in [1.82, 2.24) is 5.43 Å². The van der Waals surface area contributed by atoms with E-state index >= 15 is 0 Å². The molecule has 0 atom stereocenters. The zero-order chi connectivity index (χ0) is 28.4. The van der Waals surface area contributed by atoms with E-state index in [1.165, 1.54) is 6.21 Å². The molecule has 0 saturated carbocycles. The Hall–Kier alpha value is -4.95. The third kappa shape index (κ3) is 6.92. The van der Waals surface area contributed by atoms with Gasteiger partial charge in [-0.3, -0.25) is 9.59 Å². The van der Waals surface area contributed by atoms with Crippen molar-refractivity contribution in [3.8, 4) is 11.5 Å². The molecule has 4 aromatic rings. The van der Waals surface area contributed by atoms with Gasteiger partial charge in [-0.1, -0.05) is 78.4 Å². The van der Waals surface area contributed by atoms with Gasteiger partial charge in [0.2, 0.25) is 0 Å². The Balaban J connectivity index is 1.44. The first-order valence-corrected chi connectivity index (χ1v) is 12.8. The van der Waals surface area contributed by atoms with Crippen LogP contribution < -0.4 is 20.2 Å². The van der Waals surface area contributed by atoms with Gasteiger partial charge >= 0.3 is 0 Å². The molecule has 3 N–H and O–H groups in total. The molecule has 0 heterocycles. The first-order chi connectivity index (χ1) is 19.4. The summed E-state index contributed by atoms with van der Waals surface area (Å²) in [5.41, 5.74) is 3.75. The van der Waals surface area contributed by atoms with E-state index in [2.05, 4.69) is 15.8 Å². The molecule has 0 aliphatic heterocycles. The maximum absolute atomic E-state index is 13.2. The van der Waals surface area contributed by atoms with Crippen LogP contribution in [0.3, 0.4) is 0 Å². The molecule has 0 unspecified atom stereocenters. The van der Waals surface area contributed by atoms with Gasteiger partial charge in [0.1, 0.15) is 0 Å². The van der Waals surface area contributed by atoms with Gasteiger partial charge in [0.25, 0.3) is 11.8 Å². The lowest BCUT2D eigenvalue weighted by Gasteiger charge is -2.27. The van der Waals surface area contributed by atoms with Crippen LogP contribution in [0.2, 0.25) is 0 Å². The molecule has 0 radical (unpaired) electrons. The molecule has 0 aliphatic rings. The number of amides is 2. The number of nitrogens with zero attached hydrogens (tertiary/aromatic N) is 1. The van der Waals surface area contributed by atoms with Crippen LogP contribution >= 0.6 is 0 Å². The summed E-state index contributed by atoms with van der Waals surface area (Å²) in [6, 6.07) is 29.9. The van der Waals surface area contributed by atoms with Gasteiger partial charge in [-0.15, -0.1) is 0 Å². The molecule has 0 fully saturated rings. The van der Waals surface area contributed by atoms with Gasteiger partial charge < -0.3 is 19.9 Å². The summed E-state index contributed by atoms with van der Waals surface area (Å²) in [4.78, 5) is 25.6. The quantitative estimate of drug-likeness (QED) is 0.188. The van der Waals surface area contributed by atoms with Crippen LogP contribution in [-0.4, -0.2) is 36.3 Å². The van der Waals surface area contributed by atoms with E-state index in [1.807, 2.05) is 50.2 Å². The lowest BCUT2D eigenvalue weighted by molar-refractivity contribution is -0.136. The second kappa shape index (κ2) is 13.2. The maximum atomic E-state index is 13.2. The normalized spacial score (nSPS) is 11.2. The topological polar surface area (TPSA) is 109 Å². The number of benzene rings is 4. The van der Waals surface area contributed by atoms with Crippen molar-refractivity contribution in [1.29, 1.82) is 0 Å². The third-order valence-corrected chi connectivity index (χ3v) is 6.05. The summed E-state index contributed by atoms with van der Waals surface area (Å²) in [7, 11) is 0. The first kappa shape index (κ1) is 28.1. The number of aliphatic hydroxyl groups is 1. The van der Waals surface area contributed by atoms with Gasteiger partial charge in [0.15, 0.2) is 23.7 Å². The zero-order valence-electron chi connectivity index (χ0n) is 22.3. The predicted molar refractivity (Wildman–Crippen MR) is 155 cm³/mol. The van der Waals surface area contributed by atoms with Crippen LogP contribution in [0.5, 0.6) is 11.5 Å². The summed E-state index contributed by atoms with van der Waals surface area (Å²) in [6.07, 6.45) is 1.44. The van der Waals surface area contributed by atoms with E-state index in [9.17, 15) is 14.7 Å². The molecule has 8 nitrogen and oxygen atoms in total. The highest BCUT2D eigenvalue weighted by Gasteiger charge is 2.39. The molecule has 0 aliphatic carbocycles. The van der Waals surface area contributed by atoms with Crippen LogP contribution in [0.25, 0.3) is 0 Å². The lowest BCUT2D eigenvalue weighted by atomic mass is 9.85. The Labute approximate surface area is 233 Å². The highest BCUT2D eigenvalue weighted by molar-refractivity contribution is 5.92. The molecule has 0 spiro atoms. The van der Waals surface area contributed by atoms with Gasteiger partial charge in [-0.2, -0.15) is 5.10 Å². The van der Waals surface area contributed by atoms with E-state index in [0.717, 1.165) is 5.56 Å². The van der Waals surface area contributed by atoms with Crippen molar-refractivity contribution in [3.05, 3.63) is 125 Å². The molecule has 8 heteroatoms. The Morgan fingerprint density at radius 1 is 0.850 bits per heavy atom. The van der Waals surface area contributed by atoms with Gasteiger partial charge in [-0.25, -0.2) is 5.43 Å². The van der Waals surface area contributed by atoms with Gasteiger partial charge in [-0.05, 0) is 60.9 Å². The van der Waals surface area contributed by atoms with Gasteiger partial charge in [0.05, 0.1) is 12.8 Å². The van der Waals surface area contributed by atoms with E-state index in [-0.39, 0.29) is 12.5 Å². The zero-order valence-corrected chi connectivity index (χ0v) is 22.3. The Bertz CT molecular complexity index is 1420. The average molecular weight is 538 g/mol. The number of ether oxygens (including phenoxy) is 2. The van der Waals surface area contributed by atoms with Crippen LogP contribution in [0, 0.1) is 6.92 Å². The highest BCUT2D eigenvalue weighted by atomic mass is 16.5. The fourth-order valence-corrected chi connectivity index (χ4v) is 4.00. The molecular formula is C32H31N3O5. The minimum Gasteiger partial charge on any atom is -0.490 e. The standard InChI is InChI=1S/C32H31N3O5/c1-3-39-29-20-24(16-19-28(29)40-22-30(36)34-27-17-14-23(2)15-18-27)21-33-35-31(37)32(38,25-10-6-4-7-11-25)26-12-8-5-9-13-26/h4-21,38H,3,22H2,1-2H3,(H,34,36)(H,35,37)/b33-21-. The second-order valence-corrected chi connectivity index (χ2v) is 8.98. The van der Waals surface area contributed by atoms with E-state index < -0.39 is 11.5 Å². The second-order valence-electron chi connectivity index (χ2n) is 8.98. The number of anilines is 1. The van der Waals surface area contributed by atoms with Crippen molar-refractivity contribution in [2.45, 2.75) is 19.4 Å². The molecule has 204 valence electrons. The molecule has 4 aromatic carbocycles. The monoisotopic (exact) mass is 537 g/mol. The molecule has 0 aromatic heterocycles. The molecule has 4 rings (SSSR count). The van der Waals surface area contributed by atoms with Crippen molar-refractivity contribution in [2.24, 2.45) is 5.10 Å². The van der Waals surface area contributed by atoms with Gasteiger partial charge in [0, 0.05) is 5.69 Å². The molecular weight excluding hydrogens is 506 g/mol. The van der Waals surface area contributed by atoms with E-state index in [0.29, 0.717) is 40.5 Å². The summed E-state index contributed by atoms with van der Waals surface area (Å²) in [5, 5.41) is 18.4. The first-order valence-electron chi connectivity index (χ1n) is 12.8. The summed E-state index contributed by atoms with van der Waals surface area (Å²) < 4.78 is 11.4. The number of hydrogen-bond donors (Lipinski definition) is 3. The molecule has 2 amide bonds. The number of aryl methyl sites for hydroxylation is 1. The number of rotatable bonds is 11. The SMILES string of the molecule is CCOc1cc(/C=N\NC(=O)C(O)(c2ccccc2)c2ccccc2)ccc1OCC(=O)Nc1ccc(C)cc1. The maximum Gasteiger partial charge on any atom is 0.281 e. The van der Waals surface area contributed by atoms with Crippen molar-refractivity contribution in [3.63, 3.8) is 0 Å². The smallest absolute Gasteiger partial charge is 0.281 e. The number of carbonyl (C=O) groups excluding carboxylic acids is 2. The average Bonchev–Trinajstić information content (AvgIpc) is 2.98. The van der Waals surface area contributed by atoms with Crippen molar-refractivity contribution in [2.75, 3.05) is 18.5 Å². The number of hydrogen-bond acceptors (Lipinski definition) is 6. The summed E-state index contributed by atoms with van der Waals surface area (Å²) >= 11 is 0. The van der Waals surface area contributed by atoms with Crippen molar-refractivity contribution >= 4 is 23.7 Å². The summed E-state index contributed by atoms with van der Waals surface area (Å²) in [6.45, 7) is 3.99. The Kier molecular flexibility index (Phi) is 9.27. The fourth-order valence-electron chi connectivity index (χ4n) is 4.00. The number of hydrazone groups is 1.